The molecule has 9 heteroatoms. The van der Waals surface area contributed by atoms with Crippen molar-refractivity contribution in [1.29, 1.82) is 0 Å². The van der Waals surface area contributed by atoms with Gasteiger partial charge >= 0.3 is 0 Å². The third-order valence-corrected chi connectivity index (χ3v) is 7.61. The third kappa shape index (κ3) is 4.68. The number of hydrogen-bond donors (Lipinski definition) is 3. The number of anilines is 2. The van der Waals surface area contributed by atoms with Gasteiger partial charge in [-0.25, -0.2) is 15.0 Å². The largest absolute Gasteiger partial charge is 0.497 e. The van der Waals surface area contributed by atoms with Crippen LogP contribution in [0.2, 0.25) is 5.02 Å². The number of quaternary nitrogens is 1. The summed E-state index contributed by atoms with van der Waals surface area (Å²) in [5, 5.41) is 5.17. The summed E-state index contributed by atoms with van der Waals surface area (Å²) in [6.45, 7) is 3.02. The number of nitrogens with one attached hydrogen (secondary N) is 3. The van der Waals surface area contributed by atoms with Crippen LogP contribution in [-0.4, -0.2) is 66.6 Å². The number of likely N-dealkylation sites (N-methyl/N-ethyl adjacent to an activating group) is 1. The third-order valence-electron chi connectivity index (χ3n) is 7.37. The van der Waals surface area contributed by atoms with E-state index in [1.165, 1.54) is 0 Å². The van der Waals surface area contributed by atoms with Gasteiger partial charge in [0.1, 0.15) is 24.7 Å². The SMILES string of the molecule is COc1ccc2[nH]cc(CC(=O)N[N+]3(C)CCN(C4=Nc5cc(Cl)ccc5Nc5ccccc54)CC3)c2c1. The second kappa shape index (κ2) is 9.70. The number of carbonyl (C=O) groups is 1. The van der Waals surface area contributed by atoms with E-state index in [1.807, 2.05) is 54.7 Å². The Hall–Kier alpha value is -4.01. The van der Waals surface area contributed by atoms with Gasteiger partial charge in [0.2, 0.25) is 0 Å². The number of aliphatic imine (C=N–C) groups is 1. The van der Waals surface area contributed by atoms with E-state index in [2.05, 4.69) is 39.8 Å². The van der Waals surface area contributed by atoms with Crippen molar-refractivity contribution in [3.63, 3.8) is 0 Å². The standard InChI is InChI=1S/C29H29ClN6O2/c1-36(34-28(37)15-19-18-31-24-10-8-21(38-2)17-23(19)24)13-11-35(12-14-36)29-22-5-3-4-6-25(22)32-26-9-7-20(30)16-27(26)33-29/h3-10,16-18,31H,11-15H2,1-2H3,(H-,32,33,34,37)/p+1. The van der Waals surface area contributed by atoms with Gasteiger partial charge in [-0.3, -0.25) is 4.79 Å². The molecule has 3 N–H and O–H groups in total. The molecule has 0 radical (unpaired) electrons. The maximum atomic E-state index is 13.1. The summed E-state index contributed by atoms with van der Waals surface area (Å²) >= 11 is 6.30. The molecule has 6 rings (SSSR count). The normalized spacial score (nSPS) is 16.1. The minimum atomic E-state index is -0.00501. The van der Waals surface area contributed by atoms with Crippen molar-refractivity contribution in [3.05, 3.63) is 83.0 Å². The second-order valence-electron chi connectivity index (χ2n) is 10.0. The summed E-state index contributed by atoms with van der Waals surface area (Å²) in [6, 6.07) is 19.8. The van der Waals surface area contributed by atoms with E-state index in [4.69, 9.17) is 21.3 Å². The van der Waals surface area contributed by atoms with Crippen LogP contribution in [0.15, 0.2) is 71.9 Å². The lowest BCUT2D eigenvalue weighted by Gasteiger charge is -2.42. The summed E-state index contributed by atoms with van der Waals surface area (Å²) in [5.41, 5.74) is 9.01. The summed E-state index contributed by atoms with van der Waals surface area (Å²) in [4.78, 5) is 23.7. The number of benzene rings is 3. The first-order valence-corrected chi connectivity index (χ1v) is 13.1. The number of H-pyrrole nitrogens is 1. The molecule has 2 aliphatic heterocycles. The number of amidine groups is 1. The monoisotopic (exact) mass is 529 g/mol. The molecule has 1 fully saturated rings. The maximum absolute atomic E-state index is 13.1. The van der Waals surface area contributed by atoms with E-state index in [-0.39, 0.29) is 5.91 Å². The van der Waals surface area contributed by atoms with Gasteiger partial charge in [0.05, 0.1) is 45.0 Å². The van der Waals surface area contributed by atoms with Crippen molar-refractivity contribution in [2.45, 2.75) is 6.42 Å². The number of nitrogens with zero attached hydrogens (tertiary/aromatic N) is 3. The van der Waals surface area contributed by atoms with Crippen molar-refractivity contribution >= 4 is 51.3 Å². The zero-order valence-electron chi connectivity index (χ0n) is 21.4. The van der Waals surface area contributed by atoms with Crippen molar-refractivity contribution in [2.75, 3.05) is 45.7 Å². The van der Waals surface area contributed by atoms with E-state index in [0.29, 0.717) is 16.0 Å². The van der Waals surface area contributed by atoms with E-state index in [1.54, 1.807) is 7.11 Å². The first kappa shape index (κ1) is 24.3. The summed E-state index contributed by atoms with van der Waals surface area (Å²) < 4.78 is 5.83. The number of fused-ring (bicyclic) bond motifs is 3. The summed E-state index contributed by atoms with van der Waals surface area (Å²) in [7, 11) is 3.72. The highest BCUT2D eigenvalue weighted by atomic mass is 35.5. The summed E-state index contributed by atoms with van der Waals surface area (Å²) in [6.07, 6.45) is 2.20. The Morgan fingerprint density at radius 3 is 2.74 bits per heavy atom. The number of carbonyl (C=O) groups excluding carboxylic acids is 1. The molecule has 38 heavy (non-hydrogen) atoms. The molecule has 4 aromatic rings. The van der Waals surface area contributed by atoms with Gasteiger partial charge in [0.15, 0.2) is 0 Å². The van der Waals surface area contributed by atoms with Gasteiger partial charge in [-0.05, 0) is 54.1 Å². The molecule has 1 saturated heterocycles. The predicted octanol–water partition coefficient (Wildman–Crippen LogP) is 5.00. The molecule has 0 bridgehead atoms. The van der Waals surface area contributed by atoms with Gasteiger partial charge in [-0.1, -0.05) is 23.7 Å². The molecular weight excluding hydrogens is 500 g/mol. The molecule has 1 amide bonds. The van der Waals surface area contributed by atoms with Gasteiger partial charge in [0, 0.05) is 33.4 Å². The fourth-order valence-corrected chi connectivity index (χ4v) is 5.39. The highest BCUT2D eigenvalue weighted by molar-refractivity contribution is 6.31. The molecule has 0 unspecified atom stereocenters. The Bertz CT molecular complexity index is 1550. The minimum Gasteiger partial charge on any atom is -0.497 e. The lowest BCUT2D eigenvalue weighted by atomic mass is 10.1. The zero-order chi connectivity index (χ0) is 26.3. The quantitative estimate of drug-likeness (QED) is 0.325. The van der Waals surface area contributed by atoms with Crippen molar-refractivity contribution in [3.8, 4) is 5.75 Å². The van der Waals surface area contributed by atoms with E-state index < -0.39 is 0 Å². The fourth-order valence-electron chi connectivity index (χ4n) is 5.22. The number of rotatable bonds is 4. The number of ether oxygens (including phenoxy) is 1. The van der Waals surface area contributed by atoms with E-state index >= 15 is 0 Å². The van der Waals surface area contributed by atoms with E-state index in [0.717, 1.165) is 76.9 Å². The van der Waals surface area contributed by atoms with Crippen molar-refractivity contribution in [2.24, 2.45) is 4.99 Å². The van der Waals surface area contributed by atoms with Crippen molar-refractivity contribution < 1.29 is 14.1 Å². The highest BCUT2D eigenvalue weighted by Crippen LogP contribution is 2.36. The van der Waals surface area contributed by atoms with Crippen molar-refractivity contribution in [1.82, 2.24) is 15.3 Å². The molecule has 3 aromatic carbocycles. The number of hydrogen-bond acceptors (Lipinski definition) is 5. The Balaban J connectivity index is 1.18. The number of aromatic amines is 1. The zero-order valence-corrected chi connectivity index (χ0v) is 22.2. The van der Waals surface area contributed by atoms with Crippen LogP contribution < -0.4 is 15.5 Å². The van der Waals surface area contributed by atoms with Crippen LogP contribution in [0.3, 0.4) is 0 Å². The van der Waals surface area contributed by atoms with Gasteiger partial charge in [-0.2, -0.15) is 0 Å². The molecule has 0 spiro atoms. The molecule has 0 aliphatic carbocycles. The molecule has 194 valence electrons. The number of para-hydroxylation sites is 1. The Morgan fingerprint density at radius 1 is 1.11 bits per heavy atom. The van der Waals surface area contributed by atoms with Gasteiger partial charge < -0.3 is 19.9 Å². The van der Waals surface area contributed by atoms with Gasteiger partial charge in [-0.15, -0.1) is 0 Å². The number of aromatic nitrogens is 1. The topological polar surface area (TPSA) is 81.8 Å². The lowest BCUT2D eigenvalue weighted by Crippen LogP contribution is -2.66. The summed E-state index contributed by atoms with van der Waals surface area (Å²) in [5.74, 6) is 1.69. The van der Waals surface area contributed by atoms with E-state index in [9.17, 15) is 4.79 Å². The van der Waals surface area contributed by atoms with Crippen LogP contribution in [0.1, 0.15) is 11.1 Å². The predicted molar refractivity (Wildman–Crippen MR) is 152 cm³/mol. The molecule has 3 heterocycles. The van der Waals surface area contributed by atoms with Crippen LogP contribution in [0, 0.1) is 0 Å². The van der Waals surface area contributed by atoms with Crippen LogP contribution >= 0.6 is 11.6 Å². The Labute approximate surface area is 226 Å². The molecular formula is C29H30ClN6O2+. The number of halogens is 1. The first-order valence-electron chi connectivity index (χ1n) is 12.7. The highest BCUT2D eigenvalue weighted by Gasteiger charge is 2.34. The average Bonchev–Trinajstić information content (AvgIpc) is 3.22. The number of piperazine rings is 1. The van der Waals surface area contributed by atoms with Gasteiger partial charge in [0.25, 0.3) is 5.91 Å². The molecule has 2 aliphatic rings. The lowest BCUT2D eigenvalue weighted by molar-refractivity contribution is -0.946. The van der Waals surface area contributed by atoms with Crippen LogP contribution in [0.4, 0.5) is 17.1 Å². The van der Waals surface area contributed by atoms with Crippen LogP contribution in [0.25, 0.3) is 10.9 Å². The first-order chi connectivity index (χ1) is 18.4. The maximum Gasteiger partial charge on any atom is 0.269 e. The molecule has 1 aromatic heterocycles. The number of methoxy groups -OCH3 is 1. The fraction of sp³-hybridized carbons (Fsp3) is 0.241. The van der Waals surface area contributed by atoms with Crippen LogP contribution in [-0.2, 0) is 11.2 Å². The second-order valence-corrected chi connectivity index (χ2v) is 10.5. The molecule has 0 atom stereocenters. The minimum absolute atomic E-state index is 0.00501. The molecule has 8 nitrogen and oxygen atoms in total. The molecule has 0 saturated carbocycles. The number of amides is 1. The smallest absolute Gasteiger partial charge is 0.269 e. The Morgan fingerprint density at radius 2 is 1.92 bits per heavy atom. The Kier molecular flexibility index (Phi) is 6.21. The average molecular weight is 530 g/mol. The van der Waals surface area contributed by atoms with Crippen LogP contribution in [0.5, 0.6) is 5.75 Å².